The number of carbonyl (C=O) groups excluding carboxylic acids is 5. The van der Waals surface area contributed by atoms with Gasteiger partial charge in [-0.25, -0.2) is 14.4 Å². The summed E-state index contributed by atoms with van der Waals surface area (Å²) >= 11 is 0. The Morgan fingerprint density at radius 3 is 2.22 bits per heavy atom. The van der Waals surface area contributed by atoms with Crippen molar-refractivity contribution in [2.75, 3.05) is 5.32 Å². The van der Waals surface area contributed by atoms with Gasteiger partial charge in [0.05, 0.1) is 0 Å². The number of imide groups is 1. The lowest BCUT2D eigenvalue weighted by Crippen LogP contribution is -2.46. The van der Waals surface area contributed by atoms with Crippen LogP contribution in [0.15, 0.2) is 54.6 Å². The van der Waals surface area contributed by atoms with Gasteiger partial charge in [0.1, 0.15) is 18.2 Å². The lowest BCUT2D eigenvalue weighted by Gasteiger charge is -2.21. The summed E-state index contributed by atoms with van der Waals surface area (Å²) in [5.74, 6) is -2.31. The molecule has 0 aromatic heterocycles. The molecule has 1 saturated heterocycles. The van der Waals surface area contributed by atoms with E-state index < -0.39 is 41.6 Å². The number of ether oxygens (including phenoxy) is 2. The van der Waals surface area contributed by atoms with E-state index in [0.29, 0.717) is 16.3 Å². The van der Waals surface area contributed by atoms with Gasteiger partial charge in [-0.15, -0.1) is 5.06 Å². The molecule has 0 aliphatic carbocycles. The second-order valence-corrected chi connectivity index (χ2v) is 9.28. The van der Waals surface area contributed by atoms with Gasteiger partial charge >= 0.3 is 18.2 Å². The largest absolute Gasteiger partial charge is 0.445 e. The van der Waals surface area contributed by atoms with E-state index in [1.165, 1.54) is 0 Å². The van der Waals surface area contributed by atoms with Gasteiger partial charge in [0, 0.05) is 24.9 Å². The zero-order chi connectivity index (χ0) is 27.0. The molecule has 2 N–H and O–H groups in total. The Morgan fingerprint density at radius 1 is 0.919 bits per heavy atom. The number of benzene rings is 2. The van der Waals surface area contributed by atoms with Crippen LogP contribution in [0, 0.1) is 0 Å². The van der Waals surface area contributed by atoms with E-state index in [1.54, 1.807) is 69.3 Å². The number of carbonyl (C=O) groups is 5. The topological polar surface area (TPSA) is 140 Å². The number of nitrogens with zero attached hydrogens (tertiary/aromatic N) is 1. The Morgan fingerprint density at radius 2 is 1.57 bits per heavy atom. The van der Waals surface area contributed by atoms with Crippen LogP contribution in [0.4, 0.5) is 15.3 Å². The molecule has 4 amide bonds. The Balaban J connectivity index is 1.71. The summed E-state index contributed by atoms with van der Waals surface area (Å²) in [5, 5.41) is 5.45. The molecular weight excluding hydrogens is 482 g/mol. The van der Waals surface area contributed by atoms with Gasteiger partial charge < -0.3 is 19.6 Å². The van der Waals surface area contributed by atoms with Gasteiger partial charge in [-0.05, 0) is 44.0 Å². The minimum atomic E-state index is -1.30. The van der Waals surface area contributed by atoms with Crippen LogP contribution in [0.2, 0.25) is 0 Å². The lowest BCUT2D eigenvalue weighted by atomic mass is 10.1. The molecule has 2 aromatic rings. The SMILES string of the molecule is CC(C)(C)OC(=O)Nc1cccc(C[C@H](NC(=O)OCc2ccccc2)C(=O)ON2C(=O)CCC2=O)c1. The third kappa shape index (κ3) is 8.64. The quantitative estimate of drug-likeness (QED) is 0.514. The molecule has 0 radical (unpaired) electrons. The number of hydrogen-bond acceptors (Lipinski definition) is 8. The van der Waals surface area contributed by atoms with E-state index in [0.717, 1.165) is 5.56 Å². The lowest BCUT2D eigenvalue weighted by molar-refractivity contribution is -0.198. The number of anilines is 1. The minimum absolute atomic E-state index is 0.0349. The number of alkyl carbamates (subject to hydrolysis) is 1. The predicted molar refractivity (Wildman–Crippen MR) is 131 cm³/mol. The highest BCUT2D eigenvalue weighted by Gasteiger charge is 2.35. The molecule has 3 rings (SSSR count). The van der Waals surface area contributed by atoms with E-state index in [2.05, 4.69) is 10.6 Å². The maximum absolute atomic E-state index is 12.9. The zero-order valence-corrected chi connectivity index (χ0v) is 20.8. The van der Waals surface area contributed by atoms with Crippen LogP contribution in [0.5, 0.6) is 0 Å². The highest BCUT2D eigenvalue weighted by atomic mass is 16.7. The number of rotatable bonds is 8. The summed E-state index contributed by atoms with van der Waals surface area (Å²) in [6.45, 7) is 5.17. The zero-order valence-electron chi connectivity index (χ0n) is 20.8. The second-order valence-electron chi connectivity index (χ2n) is 9.28. The molecule has 11 nitrogen and oxygen atoms in total. The molecule has 2 aromatic carbocycles. The minimum Gasteiger partial charge on any atom is -0.445 e. The van der Waals surface area contributed by atoms with Gasteiger partial charge in [-0.3, -0.25) is 14.9 Å². The van der Waals surface area contributed by atoms with Gasteiger partial charge in [-0.2, -0.15) is 0 Å². The van der Waals surface area contributed by atoms with Gasteiger partial charge in [0.25, 0.3) is 11.8 Å². The van der Waals surface area contributed by atoms with E-state index in [-0.39, 0.29) is 25.9 Å². The van der Waals surface area contributed by atoms with E-state index in [1.807, 2.05) is 6.07 Å². The summed E-state index contributed by atoms with van der Waals surface area (Å²) < 4.78 is 10.4. The van der Waals surface area contributed by atoms with Gasteiger partial charge in [0.2, 0.25) is 0 Å². The van der Waals surface area contributed by atoms with E-state index in [9.17, 15) is 24.0 Å². The normalized spacial score (nSPS) is 14.1. The van der Waals surface area contributed by atoms with E-state index >= 15 is 0 Å². The second kappa shape index (κ2) is 12.0. The standard InChI is InChI=1S/C26H29N3O8/c1-26(2,3)36-25(34)27-19-11-7-10-18(14-19)15-20(23(32)37-29-21(30)12-13-22(29)31)28-24(33)35-16-17-8-5-4-6-9-17/h4-11,14,20H,12-13,15-16H2,1-3H3,(H,27,34)(H,28,33)/t20-/m0/s1. The average Bonchev–Trinajstić information content (AvgIpc) is 3.14. The van der Waals surface area contributed by atoms with Crippen molar-refractivity contribution in [1.29, 1.82) is 0 Å². The average molecular weight is 512 g/mol. The highest BCUT2D eigenvalue weighted by Crippen LogP contribution is 2.17. The van der Waals surface area contributed by atoms with Crippen LogP contribution >= 0.6 is 0 Å². The summed E-state index contributed by atoms with van der Waals surface area (Å²) in [6.07, 6.45) is -1.77. The molecule has 1 atom stereocenters. The third-order valence-corrected chi connectivity index (χ3v) is 4.99. The van der Waals surface area contributed by atoms with Gasteiger partial charge in [0.15, 0.2) is 0 Å². The maximum atomic E-state index is 12.9. The molecule has 1 aliphatic rings. The van der Waals surface area contributed by atoms with Crippen LogP contribution in [0.1, 0.15) is 44.7 Å². The molecule has 0 bridgehead atoms. The van der Waals surface area contributed by atoms with Crippen LogP contribution < -0.4 is 10.6 Å². The number of nitrogens with one attached hydrogen (secondary N) is 2. The molecule has 1 aliphatic heterocycles. The van der Waals surface area contributed by atoms with E-state index in [4.69, 9.17) is 14.3 Å². The molecule has 1 heterocycles. The first-order chi connectivity index (χ1) is 17.5. The number of hydrogen-bond donors (Lipinski definition) is 2. The number of hydroxylamine groups is 2. The Hall–Kier alpha value is -4.41. The van der Waals surface area contributed by atoms with Crippen molar-refractivity contribution in [3.05, 3.63) is 65.7 Å². The molecule has 196 valence electrons. The first kappa shape index (κ1) is 27.2. The Bertz CT molecular complexity index is 1140. The van der Waals surface area contributed by atoms with Crippen molar-refractivity contribution in [3.63, 3.8) is 0 Å². The Labute approximate surface area is 214 Å². The monoisotopic (exact) mass is 511 g/mol. The van der Waals surface area contributed by atoms with Crippen molar-refractivity contribution in [1.82, 2.24) is 10.4 Å². The van der Waals surface area contributed by atoms with Crippen molar-refractivity contribution >= 4 is 35.7 Å². The fourth-order valence-corrected chi connectivity index (χ4v) is 3.35. The molecule has 37 heavy (non-hydrogen) atoms. The fraction of sp³-hybridized carbons (Fsp3) is 0.346. The van der Waals surface area contributed by atoms with Crippen LogP contribution in [0.25, 0.3) is 0 Å². The smallest absolute Gasteiger partial charge is 0.412 e. The maximum Gasteiger partial charge on any atom is 0.412 e. The third-order valence-electron chi connectivity index (χ3n) is 4.99. The van der Waals surface area contributed by atoms with Crippen LogP contribution in [0.3, 0.4) is 0 Å². The van der Waals surface area contributed by atoms with Crippen molar-refractivity contribution in [2.45, 2.75) is 58.3 Å². The fourth-order valence-electron chi connectivity index (χ4n) is 3.35. The summed E-state index contributed by atoms with van der Waals surface area (Å²) in [5.41, 5.74) is 0.990. The van der Waals surface area contributed by atoms with Crippen molar-refractivity contribution in [2.24, 2.45) is 0 Å². The molecular formula is C26H29N3O8. The summed E-state index contributed by atoms with van der Waals surface area (Å²) in [4.78, 5) is 66.3. The summed E-state index contributed by atoms with van der Waals surface area (Å²) in [7, 11) is 0. The summed E-state index contributed by atoms with van der Waals surface area (Å²) in [6, 6.07) is 14.2. The molecule has 0 saturated carbocycles. The van der Waals surface area contributed by atoms with Crippen LogP contribution in [-0.2, 0) is 41.7 Å². The molecule has 0 unspecified atom stereocenters. The van der Waals surface area contributed by atoms with Crippen LogP contribution in [-0.4, -0.2) is 46.7 Å². The first-order valence-corrected chi connectivity index (χ1v) is 11.6. The molecule has 0 spiro atoms. The molecule has 1 fully saturated rings. The first-order valence-electron chi connectivity index (χ1n) is 11.6. The van der Waals surface area contributed by atoms with Crippen molar-refractivity contribution < 1.29 is 38.3 Å². The van der Waals surface area contributed by atoms with Crippen molar-refractivity contribution in [3.8, 4) is 0 Å². The Kier molecular flexibility index (Phi) is 8.83. The highest BCUT2D eigenvalue weighted by molar-refractivity contribution is 6.02. The molecule has 11 heteroatoms. The van der Waals surface area contributed by atoms with Gasteiger partial charge in [-0.1, -0.05) is 42.5 Å². The number of amides is 4. The predicted octanol–water partition coefficient (Wildman–Crippen LogP) is 3.48.